The SMILES string of the molecule is CC[C@H]1CCCC(F)C1. The van der Waals surface area contributed by atoms with Crippen LogP contribution in [0.4, 0.5) is 4.39 Å². The van der Waals surface area contributed by atoms with Gasteiger partial charge in [-0.1, -0.05) is 26.2 Å². The molecule has 0 bridgehead atoms. The molecule has 0 N–H and O–H groups in total. The first-order valence-electron chi connectivity index (χ1n) is 3.97. The first-order chi connectivity index (χ1) is 4.33. The van der Waals surface area contributed by atoms with Crippen molar-refractivity contribution in [2.75, 3.05) is 0 Å². The predicted molar refractivity (Wildman–Crippen MR) is 37.1 cm³/mol. The minimum Gasteiger partial charge on any atom is -0.247 e. The van der Waals surface area contributed by atoms with Crippen LogP contribution in [0, 0.1) is 5.92 Å². The van der Waals surface area contributed by atoms with Gasteiger partial charge in [-0.25, -0.2) is 4.39 Å². The van der Waals surface area contributed by atoms with Gasteiger partial charge in [0.1, 0.15) is 6.17 Å². The van der Waals surface area contributed by atoms with Crippen LogP contribution in [0.2, 0.25) is 0 Å². The van der Waals surface area contributed by atoms with Crippen LogP contribution < -0.4 is 0 Å². The topological polar surface area (TPSA) is 0 Å². The van der Waals surface area contributed by atoms with Crippen LogP contribution in [0.5, 0.6) is 0 Å². The van der Waals surface area contributed by atoms with Gasteiger partial charge in [-0.3, -0.25) is 0 Å². The van der Waals surface area contributed by atoms with Gasteiger partial charge in [-0.2, -0.15) is 0 Å². The molecule has 1 heteroatoms. The minimum atomic E-state index is -0.483. The van der Waals surface area contributed by atoms with Crippen LogP contribution in [0.1, 0.15) is 39.0 Å². The Bertz CT molecular complexity index is 80.6. The molecule has 1 saturated carbocycles. The maximum absolute atomic E-state index is 12.6. The number of rotatable bonds is 1. The van der Waals surface area contributed by atoms with Crippen molar-refractivity contribution in [2.24, 2.45) is 5.92 Å². The Kier molecular flexibility index (Phi) is 2.49. The van der Waals surface area contributed by atoms with Gasteiger partial charge in [0, 0.05) is 0 Å². The fourth-order valence-corrected chi connectivity index (χ4v) is 1.60. The molecule has 0 aliphatic heterocycles. The summed E-state index contributed by atoms with van der Waals surface area (Å²) in [6, 6.07) is 0. The molecular weight excluding hydrogens is 115 g/mol. The molecule has 0 spiro atoms. The molecule has 1 aliphatic rings. The summed E-state index contributed by atoms with van der Waals surface area (Å²) < 4.78 is 12.6. The van der Waals surface area contributed by atoms with Gasteiger partial charge in [-0.05, 0) is 18.8 Å². The molecule has 0 aromatic heterocycles. The van der Waals surface area contributed by atoms with E-state index in [1.165, 1.54) is 12.8 Å². The lowest BCUT2D eigenvalue weighted by Gasteiger charge is -2.22. The van der Waals surface area contributed by atoms with Crippen molar-refractivity contribution in [3.63, 3.8) is 0 Å². The van der Waals surface area contributed by atoms with Crippen molar-refractivity contribution in [2.45, 2.75) is 45.2 Å². The van der Waals surface area contributed by atoms with Gasteiger partial charge in [-0.15, -0.1) is 0 Å². The van der Waals surface area contributed by atoms with Crippen LogP contribution in [0.25, 0.3) is 0 Å². The third-order valence-corrected chi connectivity index (χ3v) is 2.30. The van der Waals surface area contributed by atoms with E-state index in [2.05, 4.69) is 6.92 Å². The standard InChI is InChI=1S/C8H15F/c1-2-7-4-3-5-8(9)6-7/h7-8H,2-6H2,1H3/t7-,8?/m0/s1. The molecule has 0 nitrogen and oxygen atoms in total. The molecule has 0 aromatic carbocycles. The molecule has 2 atom stereocenters. The highest BCUT2D eigenvalue weighted by molar-refractivity contribution is 4.70. The fourth-order valence-electron chi connectivity index (χ4n) is 1.60. The average Bonchev–Trinajstić information content (AvgIpc) is 1.88. The van der Waals surface area contributed by atoms with Crippen LogP contribution in [-0.4, -0.2) is 6.17 Å². The lowest BCUT2D eigenvalue weighted by Crippen LogP contribution is -2.15. The minimum absolute atomic E-state index is 0.483. The average molecular weight is 130 g/mol. The van der Waals surface area contributed by atoms with Crippen LogP contribution in [0.3, 0.4) is 0 Å². The van der Waals surface area contributed by atoms with Crippen molar-refractivity contribution in [3.05, 3.63) is 0 Å². The zero-order chi connectivity index (χ0) is 6.69. The van der Waals surface area contributed by atoms with Gasteiger partial charge in [0.05, 0.1) is 0 Å². The van der Waals surface area contributed by atoms with Crippen molar-refractivity contribution < 1.29 is 4.39 Å². The third kappa shape index (κ3) is 1.96. The molecule has 0 amide bonds. The lowest BCUT2D eigenvalue weighted by atomic mass is 9.86. The molecule has 1 aliphatic carbocycles. The molecule has 0 saturated heterocycles. The maximum Gasteiger partial charge on any atom is 0.100 e. The van der Waals surface area contributed by atoms with Gasteiger partial charge < -0.3 is 0 Å². The van der Waals surface area contributed by atoms with Crippen molar-refractivity contribution >= 4 is 0 Å². The van der Waals surface area contributed by atoms with E-state index in [4.69, 9.17) is 0 Å². The summed E-state index contributed by atoms with van der Waals surface area (Å²) in [4.78, 5) is 0. The molecule has 0 heterocycles. The fraction of sp³-hybridized carbons (Fsp3) is 1.00. The monoisotopic (exact) mass is 130 g/mol. The van der Waals surface area contributed by atoms with Gasteiger partial charge in [0.25, 0.3) is 0 Å². The summed E-state index contributed by atoms with van der Waals surface area (Å²) in [7, 11) is 0. The molecule has 9 heavy (non-hydrogen) atoms. The molecule has 1 unspecified atom stereocenters. The van der Waals surface area contributed by atoms with E-state index in [1.54, 1.807) is 0 Å². The first kappa shape index (κ1) is 7.04. The normalized spacial score (nSPS) is 36.7. The Morgan fingerprint density at radius 1 is 1.44 bits per heavy atom. The Labute approximate surface area is 56.5 Å². The van der Waals surface area contributed by atoms with E-state index in [0.29, 0.717) is 5.92 Å². The molecule has 0 aromatic rings. The molecule has 1 rings (SSSR count). The Morgan fingerprint density at radius 3 is 2.67 bits per heavy atom. The predicted octanol–water partition coefficient (Wildman–Crippen LogP) is 2.92. The third-order valence-electron chi connectivity index (χ3n) is 2.30. The Balaban J connectivity index is 2.23. The van der Waals surface area contributed by atoms with Gasteiger partial charge in [0.15, 0.2) is 0 Å². The quantitative estimate of drug-likeness (QED) is 0.512. The molecular formula is C8H15F. The summed E-state index contributed by atoms with van der Waals surface area (Å²) >= 11 is 0. The number of hydrogen-bond donors (Lipinski definition) is 0. The molecule has 54 valence electrons. The summed E-state index contributed by atoms with van der Waals surface area (Å²) in [6.45, 7) is 2.16. The smallest absolute Gasteiger partial charge is 0.100 e. The highest BCUT2D eigenvalue weighted by atomic mass is 19.1. The van der Waals surface area contributed by atoms with E-state index in [-0.39, 0.29) is 0 Å². The van der Waals surface area contributed by atoms with Crippen LogP contribution in [-0.2, 0) is 0 Å². The number of halogens is 1. The highest BCUT2D eigenvalue weighted by Crippen LogP contribution is 2.27. The van der Waals surface area contributed by atoms with E-state index >= 15 is 0 Å². The molecule has 1 fully saturated rings. The van der Waals surface area contributed by atoms with Crippen LogP contribution in [0.15, 0.2) is 0 Å². The van der Waals surface area contributed by atoms with Crippen molar-refractivity contribution in [1.82, 2.24) is 0 Å². The zero-order valence-corrected chi connectivity index (χ0v) is 6.07. The number of alkyl halides is 1. The van der Waals surface area contributed by atoms with E-state index < -0.39 is 6.17 Å². The van der Waals surface area contributed by atoms with Crippen LogP contribution >= 0.6 is 0 Å². The second-order valence-corrected chi connectivity index (χ2v) is 3.04. The summed E-state index contributed by atoms with van der Waals surface area (Å²) in [5.41, 5.74) is 0. The first-order valence-corrected chi connectivity index (χ1v) is 3.97. The van der Waals surface area contributed by atoms with E-state index in [9.17, 15) is 4.39 Å². The zero-order valence-electron chi connectivity index (χ0n) is 6.07. The Hall–Kier alpha value is -0.0700. The van der Waals surface area contributed by atoms with Gasteiger partial charge in [0.2, 0.25) is 0 Å². The van der Waals surface area contributed by atoms with Gasteiger partial charge >= 0.3 is 0 Å². The van der Waals surface area contributed by atoms with Crippen molar-refractivity contribution in [3.8, 4) is 0 Å². The van der Waals surface area contributed by atoms with E-state index in [0.717, 1.165) is 19.3 Å². The highest BCUT2D eigenvalue weighted by Gasteiger charge is 2.19. The Morgan fingerprint density at radius 2 is 2.22 bits per heavy atom. The number of hydrogen-bond acceptors (Lipinski definition) is 0. The van der Waals surface area contributed by atoms with E-state index in [1.807, 2.05) is 0 Å². The van der Waals surface area contributed by atoms with Crippen molar-refractivity contribution in [1.29, 1.82) is 0 Å². The summed E-state index contributed by atoms with van der Waals surface area (Å²) in [6.07, 6.45) is 4.70. The summed E-state index contributed by atoms with van der Waals surface area (Å²) in [5, 5.41) is 0. The second-order valence-electron chi connectivity index (χ2n) is 3.04. The summed E-state index contributed by atoms with van der Waals surface area (Å²) in [5.74, 6) is 0.689. The largest absolute Gasteiger partial charge is 0.247 e. The maximum atomic E-state index is 12.6. The second kappa shape index (κ2) is 3.19. The molecule has 0 radical (unpaired) electrons. The lowest BCUT2D eigenvalue weighted by molar-refractivity contribution is 0.195.